The highest BCUT2D eigenvalue weighted by Crippen LogP contribution is 2.57. The summed E-state index contributed by atoms with van der Waals surface area (Å²) in [6, 6.07) is 9.96. The first-order chi connectivity index (χ1) is 15.3. The van der Waals surface area contributed by atoms with Crippen LogP contribution in [-0.4, -0.2) is 41.4 Å². The number of rotatable bonds is 2. The first-order valence-corrected chi connectivity index (χ1v) is 11.0. The molecule has 0 aromatic heterocycles. The van der Waals surface area contributed by atoms with Gasteiger partial charge in [-0.3, -0.25) is 14.4 Å². The van der Waals surface area contributed by atoms with Gasteiger partial charge in [-0.25, -0.2) is 0 Å². The molecule has 5 rings (SSSR count). The van der Waals surface area contributed by atoms with E-state index in [4.69, 9.17) is 21.1 Å². The molecule has 1 fully saturated rings. The Labute approximate surface area is 190 Å². The van der Waals surface area contributed by atoms with E-state index in [2.05, 4.69) is 5.32 Å². The van der Waals surface area contributed by atoms with Gasteiger partial charge in [-0.1, -0.05) is 23.2 Å². The van der Waals surface area contributed by atoms with Gasteiger partial charge in [-0.05, 0) is 51.1 Å². The second-order valence-electron chi connectivity index (χ2n) is 8.66. The first kappa shape index (κ1) is 20.8. The Morgan fingerprint density at radius 1 is 1.28 bits per heavy atom. The SMILES string of the molecule is CCOC(=O)C1C2COc3ccc(Cl)cc3C2N2C(=O)c3cc(C)ccc3NC(=O)[C@@]12C. The van der Waals surface area contributed by atoms with E-state index in [0.717, 1.165) is 5.56 Å². The van der Waals surface area contributed by atoms with Crippen LogP contribution in [-0.2, 0) is 14.3 Å². The molecule has 4 atom stereocenters. The lowest BCUT2D eigenvalue weighted by molar-refractivity contribution is -0.155. The number of fused-ring (bicyclic) bond motifs is 6. The van der Waals surface area contributed by atoms with Crippen LogP contribution in [0.5, 0.6) is 5.75 Å². The number of hydrogen-bond acceptors (Lipinski definition) is 5. The van der Waals surface area contributed by atoms with E-state index in [1.807, 2.05) is 13.0 Å². The summed E-state index contributed by atoms with van der Waals surface area (Å²) in [5.74, 6) is -2.05. The van der Waals surface area contributed by atoms with Crippen molar-refractivity contribution in [1.82, 2.24) is 4.90 Å². The van der Waals surface area contributed by atoms with Crippen LogP contribution < -0.4 is 10.1 Å². The number of esters is 1. The average Bonchev–Trinajstić information content (AvgIpc) is 3.00. The Hall–Kier alpha value is -3.06. The van der Waals surface area contributed by atoms with Gasteiger partial charge in [-0.15, -0.1) is 0 Å². The van der Waals surface area contributed by atoms with Crippen LogP contribution in [0.25, 0.3) is 0 Å². The summed E-state index contributed by atoms with van der Waals surface area (Å²) in [6.45, 7) is 5.59. The highest BCUT2D eigenvalue weighted by atomic mass is 35.5. The molecule has 0 aliphatic carbocycles. The Bertz CT molecular complexity index is 1170. The van der Waals surface area contributed by atoms with Crippen molar-refractivity contribution in [3.63, 3.8) is 0 Å². The average molecular weight is 455 g/mol. The fourth-order valence-electron chi connectivity index (χ4n) is 5.40. The smallest absolute Gasteiger partial charge is 0.312 e. The monoisotopic (exact) mass is 454 g/mol. The molecular formula is C24H23ClN2O5. The zero-order chi connectivity index (χ0) is 22.8. The number of benzene rings is 2. The summed E-state index contributed by atoms with van der Waals surface area (Å²) < 4.78 is 11.3. The fraction of sp³-hybridized carbons (Fsp3) is 0.375. The molecule has 0 spiro atoms. The topological polar surface area (TPSA) is 84.9 Å². The Morgan fingerprint density at radius 2 is 2.06 bits per heavy atom. The van der Waals surface area contributed by atoms with Crippen LogP contribution >= 0.6 is 11.6 Å². The minimum atomic E-state index is -1.47. The molecule has 3 unspecified atom stereocenters. The molecular weight excluding hydrogens is 432 g/mol. The van der Waals surface area contributed by atoms with E-state index in [0.29, 0.717) is 27.6 Å². The minimum absolute atomic E-state index is 0.168. The molecule has 166 valence electrons. The lowest BCUT2D eigenvalue weighted by Gasteiger charge is -2.38. The van der Waals surface area contributed by atoms with Gasteiger partial charge in [0.15, 0.2) is 0 Å². The number of halogens is 1. The molecule has 32 heavy (non-hydrogen) atoms. The van der Waals surface area contributed by atoms with Crippen molar-refractivity contribution in [3.05, 3.63) is 58.1 Å². The fourth-order valence-corrected chi connectivity index (χ4v) is 5.58. The second kappa shape index (κ2) is 7.24. The number of amides is 2. The largest absolute Gasteiger partial charge is 0.493 e. The van der Waals surface area contributed by atoms with Crippen LogP contribution in [0.2, 0.25) is 5.02 Å². The van der Waals surface area contributed by atoms with E-state index in [-0.39, 0.29) is 19.1 Å². The number of anilines is 1. The predicted octanol–water partition coefficient (Wildman–Crippen LogP) is 3.74. The molecule has 0 saturated carbocycles. The quantitative estimate of drug-likeness (QED) is 0.699. The maximum Gasteiger partial charge on any atom is 0.312 e. The third kappa shape index (κ3) is 2.77. The van der Waals surface area contributed by atoms with Crippen LogP contribution in [0.1, 0.15) is 41.4 Å². The highest BCUT2D eigenvalue weighted by molar-refractivity contribution is 6.30. The summed E-state index contributed by atoms with van der Waals surface area (Å²) >= 11 is 6.29. The molecule has 3 aliphatic heterocycles. The number of hydrogen-bond donors (Lipinski definition) is 1. The zero-order valence-electron chi connectivity index (χ0n) is 18.0. The second-order valence-corrected chi connectivity index (χ2v) is 9.09. The predicted molar refractivity (Wildman–Crippen MR) is 118 cm³/mol. The Balaban J connectivity index is 1.77. The maximum absolute atomic E-state index is 14.0. The molecule has 0 bridgehead atoms. The van der Waals surface area contributed by atoms with Crippen LogP contribution in [0.3, 0.4) is 0 Å². The number of carbonyl (C=O) groups excluding carboxylic acids is 3. The van der Waals surface area contributed by atoms with E-state index >= 15 is 0 Å². The zero-order valence-corrected chi connectivity index (χ0v) is 18.7. The van der Waals surface area contributed by atoms with Crippen LogP contribution in [0.4, 0.5) is 5.69 Å². The molecule has 2 aromatic carbocycles. The third-order valence-electron chi connectivity index (χ3n) is 6.81. The third-order valence-corrected chi connectivity index (χ3v) is 7.05. The molecule has 3 aliphatic rings. The number of ether oxygens (including phenoxy) is 2. The summed E-state index contributed by atoms with van der Waals surface area (Å²) in [4.78, 5) is 42.4. The number of nitrogens with one attached hydrogen (secondary N) is 1. The number of aryl methyl sites for hydroxylation is 1. The van der Waals surface area contributed by atoms with Crippen molar-refractivity contribution in [2.75, 3.05) is 18.5 Å². The van der Waals surface area contributed by atoms with Gasteiger partial charge in [0.05, 0.1) is 36.4 Å². The van der Waals surface area contributed by atoms with Gasteiger partial charge < -0.3 is 19.7 Å². The summed E-state index contributed by atoms with van der Waals surface area (Å²) in [5, 5.41) is 3.37. The van der Waals surface area contributed by atoms with Crippen molar-refractivity contribution >= 4 is 35.1 Å². The van der Waals surface area contributed by atoms with Crippen molar-refractivity contribution < 1.29 is 23.9 Å². The Kier molecular flexibility index (Phi) is 4.71. The van der Waals surface area contributed by atoms with Gasteiger partial charge in [0.25, 0.3) is 11.8 Å². The van der Waals surface area contributed by atoms with Gasteiger partial charge in [0, 0.05) is 16.5 Å². The molecule has 1 saturated heterocycles. The van der Waals surface area contributed by atoms with Crippen LogP contribution in [0.15, 0.2) is 36.4 Å². The van der Waals surface area contributed by atoms with E-state index in [1.54, 1.807) is 49.1 Å². The number of carbonyl (C=O) groups is 3. The molecule has 0 radical (unpaired) electrons. The van der Waals surface area contributed by atoms with Crippen molar-refractivity contribution in [3.8, 4) is 5.75 Å². The molecule has 3 heterocycles. The minimum Gasteiger partial charge on any atom is -0.493 e. The van der Waals surface area contributed by atoms with Gasteiger partial charge in [0.2, 0.25) is 0 Å². The van der Waals surface area contributed by atoms with Crippen LogP contribution in [0, 0.1) is 18.8 Å². The summed E-state index contributed by atoms with van der Waals surface area (Å²) in [5.41, 5.74) is 0.921. The highest BCUT2D eigenvalue weighted by Gasteiger charge is 2.67. The van der Waals surface area contributed by atoms with Crippen molar-refractivity contribution in [2.45, 2.75) is 32.4 Å². The van der Waals surface area contributed by atoms with E-state index in [9.17, 15) is 14.4 Å². The summed E-state index contributed by atoms with van der Waals surface area (Å²) in [7, 11) is 0. The van der Waals surface area contributed by atoms with E-state index in [1.165, 1.54) is 0 Å². The standard InChI is InChI=1S/C24H23ClN2O5/c1-4-31-22(29)19-16-11-32-18-8-6-13(25)10-15(18)20(16)27-21(28)14-9-12(2)5-7-17(14)26-23(30)24(19,27)3/h5-10,16,19-20H,4,11H2,1-3H3,(H,26,30)/t16?,19?,20?,24-/m1/s1. The maximum atomic E-state index is 14.0. The lowest BCUT2D eigenvalue weighted by Crippen LogP contribution is -2.57. The van der Waals surface area contributed by atoms with Crippen molar-refractivity contribution in [1.29, 1.82) is 0 Å². The van der Waals surface area contributed by atoms with Gasteiger partial charge in [0.1, 0.15) is 11.3 Å². The van der Waals surface area contributed by atoms with Gasteiger partial charge in [-0.2, -0.15) is 0 Å². The summed E-state index contributed by atoms with van der Waals surface area (Å²) in [6.07, 6.45) is 0. The molecule has 7 nitrogen and oxygen atoms in total. The Morgan fingerprint density at radius 3 is 2.81 bits per heavy atom. The lowest BCUT2D eigenvalue weighted by atomic mass is 9.77. The molecule has 1 N–H and O–H groups in total. The molecule has 2 amide bonds. The molecule has 2 aromatic rings. The van der Waals surface area contributed by atoms with Crippen molar-refractivity contribution in [2.24, 2.45) is 11.8 Å². The normalized spacial score (nSPS) is 27.9. The number of nitrogens with zero attached hydrogens (tertiary/aromatic N) is 1. The van der Waals surface area contributed by atoms with Gasteiger partial charge >= 0.3 is 5.97 Å². The first-order valence-electron chi connectivity index (χ1n) is 10.6. The van der Waals surface area contributed by atoms with E-state index < -0.39 is 35.3 Å². The molecule has 8 heteroatoms.